The third-order valence-corrected chi connectivity index (χ3v) is 4.74. The van der Waals surface area contributed by atoms with Crippen LogP contribution in [0, 0.1) is 17.2 Å². The molecule has 1 N–H and O–H groups in total. The smallest absolute Gasteiger partial charge is 0.319 e. The van der Waals surface area contributed by atoms with E-state index in [0.717, 1.165) is 6.07 Å². The van der Waals surface area contributed by atoms with Crippen molar-refractivity contribution in [2.75, 3.05) is 11.9 Å². The minimum absolute atomic E-state index is 0.0499. The summed E-state index contributed by atoms with van der Waals surface area (Å²) in [6.07, 6.45) is 0.259. The average Bonchev–Trinajstić information content (AvgIpc) is 2.47. The molecule has 1 aromatic carbocycles. The zero-order valence-corrected chi connectivity index (χ0v) is 17.7. The van der Waals surface area contributed by atoms with E-state index in [-0.39, 0.29) is 40.3 Å². The van der Waals surface area contributed by atoms with Gasteiger partial charge in [0.25, 0.3) is 0 Å². The van der Waals surface area contributed by atoms with Gasteiger partial charge in [-0.15, -0.1) is 11.8 Å². The summed E-state index contributed by atoms with van der Waals surface area (Å²) < 4.78 is 19.3. The van der Waals surface area contributed by atoms with Crippen molar-refractivity contribution in [1.29, 1.82) is 0 Å². The molecule has 1 rings (SSSR count). The Hall–Kier alpha value is -1.27. The van der Waals surface area contributed by atoms with Gasteiger partial charge in [-0.3, -0.25) is 9.59 Å². The van der Waals surface area contributed by atoms with Crippen LogP contribution in [0.2, 0.25) is 5.02 Å². The number of carbonyl (C=O) groups excluding carboxylic acids is 2. The Balaban J connectivity index is 2.86. The van der Waals surface area contributed by atoms with Crippen molar-refractivity contribution < 1.29 is 18.7 Å². The van der Waals surface area contributed by atoms with Crippen molar-refractivity contribution in [3.8, 4) is 0 Å². The van der Waals surface area contributed by atoms with E-state index in [1.165, 1.54) is 17.8 Å². The normalized spacial score (nSPS) is 12.8. The largest absolute Gasteiger partial charge is 0.465 e. The third-order valence-electron chi connectivity index (χ3n) is 3.18. The van der Waals surface area contributed by atoms with Gasteiger partial charge in [0.2, 0.25) is 5.91 Å². The molecule has 0 aliphatic heterocycles. The molecular formula is C19H27ClFNO3S. The first-order valence-corrected chi connectivity index (χ1v) is 9.77. The molecule has 1 amide bonds. The molecule has 4 nitrogen and oxygen atoms in total. The molecule has 1 unspecified atom stereocenters. The molecule has 7 heteroatoms. The van der Waals surface area contributed by atoms with Crippen molar-refractivity contribution >= 4 is 40.9 Å². The summed E-state index contributed by atoms with van der Waals surface area (Å²) in [5, 5.41) is 2.26. The van der Waals surface area contributed by atoms with Crippen LogP contribution in [-0.2, 0) is 14.3 Å². The Kier molecular flexibility index (Phi) is 8.41. The fourth-order valence-corrected chi connectivity index (χ4v) is 3.18. The summed E-state index contributed by atoms with van der Waals surface area (Å²) >= 11 is 7.26. The maximum atomic E-state index is 14.1. The van der Waals surface area contributed by atoms with E-state index in [1.54, 1.807) is 6.92 Å². The lowest BCUT2D eigenvalue weighted by Crippen LogP contribution is -2.20. The Labute approximate surface area is 164 Å². The third kappa shape index (κ3) is 7.96. The van der Waals surface area contributed by atoms with E-state index in [2.05, 4.69) is 5.32 Å². The number of hydrogen-bond donors (Lipinski definition) is 1. The average molecular weight is 404 g/mol. The second kappa shape index (κ2) is 9.60. The number of hydrogen-bond acceptors (Lipinski definition) is 4. The van der Waals surface area contributed by atoms with Crippen LogP contribution in [0.15, 0.2) is 17.0 Å². The van der Waals surface area contributed by atoms with Crippen LogP contribution in [0.3, 0.4) is 0 Å². The highest BCUT2D eigenvalue weighted by molar-refractivity contribution is 8.00. The molecule has 0 radical (unpaired) electrons. The second-order valence-electron chi connectivity index (χ2n) is 7.83. The first-order chi connectivity index (χ1) is 11.9. The molecule has 0 bridgehead atoms. The molecule has 1 atom stereocenters. The summed E-state index contributed by atoms with van der Waals surface area (Å²) in [6, 6.07) is 2.60. The van der Waals surface area contributed by atoms with Gasteiger partial charge in [0, 0.05) is 11.3 Å². The number of halogens is 2. The number of anilines is 1. The molecule has 1 aromatic rings. The highest BCUT2D eigenvalue weighted by atomic mass is 35.5. The van der Waals surface area contributed by atoms with Gasteiger partial charge in [0.1, 0.15) is 11.1 Å². The van der Waals surface area contributed by atoms with Crippen molar-refractivity contribution in [3.63, 3.8) is 0 Å². The first-order valence-electron chi connectivity index (χ1n) is 8.51. The van der Waals surface area contributed by atoms with Crippen LogP contribution in [-0.4, -0.2) is 23.7 Å². The molecule has 146 valence electrons. The zero-order chi connectivity index (χ0) is 20.1. The van der Waals surface area contributed by atoms with E-state index in [9.17, 15) is 14.0 Å². The quantitative estimate of drug-likeness (QED) is 0.480. The van der Waals surface area contributed by atoms with Crippen molar-refractivity contribution in [1.82, 2.24) is 0 Å². The van der Waals surface area contributed by atoms with E-state index < -0.39 is 11.1 Å². The summed E-state index contributed by atoms with van der Waals surface area (Å²) in [7, 11) is 0. The van der Waals surface area contributed by atoms with Gasteiger partial charge in [0.05, 0.1) is 17.3 Å². The number of amides is 1. The summed E-state index contributed by atoms with van der Waals surface area (Å²) in [5.74, 6) is -1.01. The molecular weight excluding hydrogens is 377 g/mol. The molecule has 0 heterocycles. The van der Waals surface area contributed by atoms with Crippen LogP contribution in [0.25, 0.3) is 0 Å². The predicted molar refractivity (Wildman–Crippen MR) is 105 cm³/mol. The minimum atomic E-state index is -0.614. The van der Waals surface area contributed by atoms with Crippen LogP contribution < -0.4 is 5.32 Å². The summed E-state index contributed by atoms with van der Waals surface area (Å²) in [4.78, 5) is 24.6. The fraction of sp³-hybridized carbons (Fsp3) is 0.579. The number of benzene rings is 1. The van der Waals surface area contributed by atoms with E-state index in [4.69, 9.17) is 16.3 Å². The molecule has 0 saturated heterocycles. The molecule has 0 aliphatic rings. The highest BCUT2D eigenvalue weighted by Gasteiger charge is 2.21. The van der Waals surface area contributed by atoms with Gasteiger partial charge in [-0.05, 0) is 30.4 Å². The fourth-order valence-electron chi connectivity index (χ4n) is 2.00. The maximum Gasteiger partial charge on any atom is 0.319 e. The number of nitrogens with one attached hydrogen (secondary N) is 1. The van der Waals surface area contributed by atoms with Crippen LogP contribution >= 0.6 is 23.4 Å². The van der Waals surface area contributed by atoms with Crippen LogP contribution in [0.5, 0.6) is 0 Å². The van der Waals surface area contributed by atoms with E-state index in [1.807, 2.05) is 34.6 Å². The lowest BCUT2D eigenvalue weighted by atomic mass is 9.92. The number of carbonyl (C=O) groups is 2. The number of rotatable bonds is 7. The number of thioether (sulfide) groups is 1. The second-order valence-corrected chi connectivity index (χ2v) is 9.62. The van der Waals surface area contributed by atoms with Gasteiger partial charge in [-0.1, -0.05) is 46.2 Å². The van der Waals surface area contributed by atoms with Crippen molar-refractivity contribution in [2.45, 2.75) is 58.1 Å². The molecule has 26 heavy (non-hydrogen) atoms. The molecule has 0 aliphatic carbocycles. The topological polar surface area (TPSA) is 55.4 Å². The van der Waals surface area contributed by atoms with Crippen molar-refractivity contribution in [2.24, 2.45) is 11.3 Å². The van der Waals surface area contributed by atoms with Crippen LogP contribution in [0.4, 0.5) is 10.1 Å². The summed E-state index contributed by atoms with van der Waals surface area (Å²) in [6.45, 7) is 11.7. The molecule has 0 fully saturated rings. The SMILES string of the molecule is CC(C)COC(=O)C(C)Sc1cc(NC(=O)CC(C)(C)C)c(F)cc1Cl. The van der Waals surface area contributed by atoms with E-state index >= 15 is 0 Å². The Morgan fingerprint density at radius 2 is 1.88 bits per heavy atom. The lowest BCUT2D eigenvalue weighted by molar-refractivity contribution is -0.143. The van der Waals surface area contributed by atoms with Gasteiger partial charge in [-0.2, -0.15) is 0 Å². The van der Waals surface area contributed by atoms with Crippen LogP contribution in [0.1, 0.15) is 48.0 Å². The predicted octanol–water partition coefficient (Wildman–Crippen LogP) is 5.53. The van der Waals surface area contributed by atoms with Gasteiger partial charge >= 0.3 is 5.97 Å². The molecule has 0 aromatic heterocycles. The van der Waals surface area contributed by atoms with Gasteiger partial charge in [0.15, 0.2) is 0 Å². The van der Waals surface area contributed by atoms with Gasteiger partial charge in [-0.25, -0.2) is 4.39 Å². The molecule has 0 spiro atoms. The monoisotopic (exact) mass is 403 g/mol. The standard InChI is InChI=1S/C19H27ClFNO3S/c1-11(2)10-25-18(24)12(3)26-16-8-15(14(21)7-13(16)20)22-17(23)9-19(4,5)6/h7-8,11-12H,9-10H2,1-6H3,(H,22,23). The van der Waals surface area contributed by atoms with E-state index in [0.29, 0.717) is 11.5 Å². The van der Waals surface area contributed by atoms with Crippen molar-refractivity contribution in [3.05, 3.63) is 23.0 Å². The Morgan fingerprint density at radius 3 is 2.42 bits per heavy atom. The lowest BCUT2D eigenvalue weighted by Gasteiger charge is -2.18. The summed E-state index contributed by atoms with van der Waals surface area (Å²) in [5.41, 5.74) is -0.159. The Morgan fingerprint density at radius 1 is 1.27 bits per heavy atom. The maximum absolute atomic E-state index is 14.1. The first kappa shape index (κ1) is 22.8. The zero-order valence-electron chi connectivity index (χ0n) is 16.1. The number of ether oxygens (including phenoxy) is 1. The highest BCUT2D eigenvalue weighted by Crippen LogP contribution is 2.35. The molecule has 0 saturated carbocycles. The number of esters is 1. The minimum Gasteiger partial charge on any atom is -0.465 e. The van der Waals surface area contributed by atoms with Gasteiger partial charge < -0.3 is 10.1 Å². The Bertz CT molecular complexity index is 659.